The SMILES string of the molecule is Cc1cccc(CN(C)c2nc(CNCC(C)C)co2)c1. The zero-order valence-electron chi connectivity index (χ0n) is 13.4. The number of hydrogen-bond acceptors (Lipinski definition) is 4. The highest BCUT2D eigenvalue weighted by atomic mass is 16.4. The van der Waals surface area contributed by atoms with E-state index in [1.807, 2.05) is 11.9 Å². The van der Waals surface area contributed by atoms with E-state index in [4.69, 9.17) is 4.42 Å². The van der Waals surface area contributed by atoms with Crippen molar-refractivity contribution in [1.82, 2.24) is 10.3 Å². The van der Waals surface area contributed by atoms with Crippen molar-refractivity contribution < 1.29 is 4.42 Å². The quantitative estimate of drug-likeness (QED) is 0.848. The van der Waals surface area contributed by atoms with Gasteiger partial charge in [0.15, 0.2) is 0 Å². The number of hydrogen-bond donors (Lipinski definition) is 1. The van der Waals surface area contributed by atoms with Gasteiger partial charge in [-0.2, -0.15) is 4.98 Å². The summed E-state index contributed by atoms with van der Waals surface area (Å²) in [6, 6.07) is 9.16. The van der Waals surface area contributed by atoms with Gasteiger partial charge in [-0.15, -0.1) is 0 Å². The number of oxazole rings is 1. The Morgan fingerprint density at radius 2 is 2.14 bits per heavy atom. The number of benzene rings is 1. The summed E-state index contributed by atoms with van der Waals surface area (Å²) >= 11 is 0. The molecule has 0 aliphatic rings. The molecule has 1 N–H and O–H groups in total. The van der Waals surface area contributed by atoms with E-state index in [-0.39, 0.29) is 0 Å². The van der Waals surface area contributed by atoms with Crippen molar-refractivity contribution in [2.24, 2.45) is 5.92 Å². The van der Waals surface area contributed by atoms with Gasteiger partial charge in [-0.3, -0.25) is 0 Å². The Labute approximate surface area is 127 Å². The fraction of sp³-hybridized carbons (Fsp3) is 0.471. The summed E-state index contributed by atoms with van der Waals surface area (Å²) in [6.07, 6.45) is 1.73. The van der Waals surface area contributed by atoms with Crippen LogP contribution in [-0.4, -0.2) is 18.6 Å². The second kappa shape index (κ2) is 7.27. The van der Waals surface area contributed by atoms with Gasteiger partial charge in [-0.05, 0) is 24.9 Å². The minimum absolute atomic E-state index is 0.639. The number of nitrogens with zero attached hydrogens (tertiary/aromatic N) is 2. The van der Waals surface area contributed by atoms with Crippen LogP contribution in [0.3, 0.4) is 0 Å². The number of aromatic nitrogens is 1. The Bertz CT molecular complexity index is 563. The van der Waals surface area contributed by atoms with E-state index in [1.165, 1.54) is 11.1 Å². The van der Waals surface area contributed by atoms with Crippen LogP contribution >= 0.6 is 0 Å². The molecule has 0 saturated carbocycles. The van der Waals surface area contributed by atoms with E-state index in [1.54, 1.807) is 6.26 Å². The molecule has 0 spiro atoms. The van der Waals surface area contributed by atoms with Crippen LogP contribution in [0.5, 0.6) is 0 Å². The van der Waals surface area contributed by atoms with Gasteiger partial charge in [0.25, 0.3) is 6.01 Å². The molecule has 0 aliphatic heterocycles. The van der Waals surface area contributed by atoms with E-state index in [0.717, 1.165) is 25.3 Å². The van der Waals surface area contributed by atoms with Crippen molar-refractivity contribution in [3.8, 4) is 0 Å². The van der Waals surface area contributed by atoms with Crippen LogP contribution in [0.15, 0.2) is 34.9 Å². The van der Waals surface area contributed by atoms with Crippen molar-refractivity contribution in [2.75, 3.05) is 18.5 Å². The molecule has 2 aromatic rings. The average Bonchev–Trinajstić information content (AvgIpc) is 2.87. The molecule has 1 heterocycles. The lowest BCUT2D eigenvalue weighted by Gasteiger charge is -2.14. The molecular formula is C17H25N3O. The topological polar surface area (TPSA) is 41.3 Å². The molecule has 4 nitrogen and oxygen atoms in total. The molecule has 21 heavy (non-hydrogen) atoms. The smallest absolute Gasteiger partial charge is 0.297 e. The van der Waals surface area contributed by atoms with Gasteiger partial charge in [0.2, 0.25) is 0 Å². The fourth-order valence-corrected chi connectivity index (χ4v) is 2.19. The summed E-state index contributed by atoms with van der Waals surface area (Å²) in [5, 5.41) is 3.37. The first kappa shape index (κ1) is 15.6. The van der Waals surface area contributed by atoms with E-state index in [2.05, 4.69) is 55.3 Å². The first-order valence-electron chi connectivity index (χ1n) is 7.46. The van der Waals surface area contributed by atoms with E-state index in [0.29, 0.717) is 11.9 Å². The molecule has 0 atom stereocenters. The van der Waals surface area contributed by atoms with Crippen molar-refractivity contribution in [3.63, 3.8) is 0 Å². The number of rotatable bonds is 7. The van der Waals surface area contributed by atoms with Crippen LogP contribution in [0, 0.1) is 12.8 Å². The molecule has 2 rings (SSSR count). The molecule has 0 fully saturated rings. The van der Waals surface area contributed by atoms with Crippen molar-refractivity contribution in [1.29, 1.82) is 0 Å². The van der Waals surface area contributed by atoms with Gasteiger partial charge in [-0.1, -0.05) is 43.7 Å². The standard InChI is InChI=1S/C17H25N3O/c1-13(2)9-18-10-16-12-21-17(19-16)20(4)11-15-7-5-6-14(3)8-15/h5-8,12-13,18H,9-11H2,1-4H3. The highest BCUT2D eigenvalue weighted by Crippen LogP contribution is 2.15. The van der Waals surface area contributed by atoms with Crippen LogP contribution in [0.25, 0.3) is 0 Å². The predicted molar refractivity (Wildman–Crippen MR) is 86.3 cm³/mol. The predicted octanol–water partition coefficient (Wildman–Crippen LogP) is 3.37. The molecule has 0 radical (unpaired) electrons. The Morgan fingerprint density at radius 1 is 1.33 bits per heavy atom. The molecule has 4 heteroatoms. The minimum Gasteiger partial charge on any atom is -0.432 e. The summed E-state index contributed by atoms with van der Waals surface area (Å²) < 4.78 is 5.56. The second-order valence-corrected chi connectivity index (χ2v) is 5.99. The summed E-state index contributed by atoms with van der Waals surface area (Å²) in [6.45, 7) is 9.02. The minimum atomic E-state index is 0.639. The summed E-state index contributed by atoms with van der Waals surface area (Å²) in [5.74, 6) is 0.639. The van der Waals surface area contributed by atoms with Crippen LogP contribution in [0.2, 0.25) is 0 Å². The molecular weight excluding hydrogens is 262 g/mol. The van der Waals surface area contributed by atoms with Crippen LogP contribution < -0.4 is 10.2 Å². The zero-order valence-corrected chi connectivity index (χ0v) is 13.4. The van der Waals surface area contributed by atoms with Gasteiger partial charge in [0, 0.05) is 20.1 Å². The lowest BCUT2D eigenvalue weighted by atomic mass is 10.1. The zero-order chi connectivity index (χ0) is 15.2. The summed E-state index contributed by atoms with van der Waals surface area (Å²) in [7, 11) is 2.00. The van der Waals surface area contributed by atoms with E-state index in [9.17, 15) is 0 Å². The molecule has 0 amide bonds. The molecule has 0 aliphatic carbocycles. The summed E-state index contributed by atoms with van der Waals surface area (Å²) in [4.78, 5) is 6.55. The van der Waals surface area contributed by atoms with Gasteiger partial charge in [0.1, 0.15) is 6.26 Å². The summed E-state index contributed by atoms with van der Waals surface area (Å²) in [5.41, 5.74) is 3.48. The lowest BCUT2D eigenvalue weighted by Crippen LogP contribution is -2.20. The average molecular weight is 287 g/mol. The molecule has 1 aromatic heterocycles. The number of anilines is 1. The maximum atomic E-state index is 5.56. The molecule has 0 unspecified atom stereocenters. The number of nitrogens with one attached hydrogen (secondary N) is 1. The maximum absolute atomic E-state index is 5.56. The Balaban J connectivity index is 1.91. The van der Waals surface area contributed by atoms with Crippen molar-refractivity contribution >= 4 is 6.01 Å². The van der Waals surface area contributed by atoms with E-state index < -0.39 is 0 Å². The van der Waals surface area contributed by atoms with Gasteiger partial charge in [-0.25, -0.2) is 0 Å². The van der Waals surface area contributed by atoms with Crippen molar-refractivity contribution in [2.45, 2.75) is 33.9 Å². The van der Waals surface area contributed by atoms with Crippen LogP contribution in [0.1, 0.15) is 30.7 Å². The highest BCUT2D eigenvalue weighted by molar-refractivity contribution is 5.30. The molecule has 0 bridgehead atoms. The fourth-order valence-electron chi connectivity index (χ4n) is 2.19. The maximum Gasteiger partial charge on any atom is 0.297 e. The second-order valence-electron chi connectivity index (χ2n) is 5.99. The normalized spacial score (nSPS) is 11.1. The first-order chi connectivity index (χ1) is 10.0. The molecule has 114 valence electrons. The third-order valence-electron chi connectivity index (χ3n) is 3.23. The van der Waals surface area contributed by atoms with Crippen LogP contribution in [-0.2, 0) is 13.1 Å². The molecule has 1 aromatic carbocycles. The highest BCUT2D eigenvalue weighted by Gasteiger charge is 2.09. The van der Waals surface area contributed by atoms with Gasteiger partial charge >= 0.3 is 0 Å². The Kier molecular flexibility index (Phi) is 5.39. The first-order valence-corrected chi connectivity index (χ1v) is 7.46. The Morgan fingerprint density at radius 3 is 2.86 bits per heavy atom. The molecule has 0 saturated heterocycles. The number of aryl methyl sites for hydroxylation is 1. The lowest BCUT2D eigenvalue weighted by molar-refractivity contribution is 0.535. The largest absolute Gasteiger partial charge is 0.432 e. The van der Waals surface area contributed by atoms with Gasteiger partial charge < -0.3 is 14.6 Å². The van der Waals surface area contributed by atoms with Crippen LogP contribution in [0.4, 0.5) is 6.01 Å². The third kappa shape index (κ3) is 4.90. The Hall–Kier alpha value is -1.81. The van der Waals surface area contributed by atoms with E-state index >= 15 is 0 Å². The van der Waals surface area contributed by atoms with Crippen molar-refractivity contribution in [3.05, 3.63) is 47.3 Å². The monoisotopic (exact) mass is 287 g/mol. The third-order valence-corrected chi connectivity index (χ3v) is 3.23. The van der Waals surface area contributed by atoms with Gasteiger partial charge in [0.05, 0.1) is 5.69 Å².